The first-order chi connectivity index (χ1) is 20.4. The third-order valence-corrected chi connectivity index (χ3v) is 8.14. The van der Waals surface area contributed by atoms with Crippen LogP contribution in [0.15, 0.2) is 59.9 Å². The van der Waals surface area contributed by atoms with Gasteiger partial charge in [0.2, 0.25) is 0 Å². The number of aliphatic hydroxyl groups excluding tert-OH is 1. The zero-order chi connectivity index (χ0) is 29.2. The van der Waals surface area contributed by atoms with E-state index in [2.05, 4.69) is 30.4 Å². The van der Waals surface area contributed by atoms with Gasteiger partial charge in [0.05, 0.1) is 30.2 Å². The average Bonchev–Trinajstić information content (AvgIpc) is 3.83. The van der Waals surface area contributed by atoms with Crippen LogP contribution in [-0.4, -0.2) is 56.9 Å². The van der Waals surface area contributed by atoms with Crippen LogP contribution in [0.3, 0.4) is 0 Å². The number of hydrogen-bond acceptors (Lipinski definition) is 7. The molecule has 1 atom stereocenters. The molecule has 1 saturated carbocycles. The topological polar surface area (TPSA) is 83.7 Å². The number of aromatic nitrogens is 3. The average molecular weight is 636 g/mol. The fourth-order valence-electron chi connectivity index (χ4n) is 5.97. The van der Waals surface area contributed by atoms with Crippen molar-refractivity contribution in [1.82, 2.24) is 19.4 Å². The van der Waals surface area contributed by atoms with Crippen LogP contribution in [0.1, 0.15) is 50.0 Å². The molecule has 6 rings (SSSR count). The summed E-state index contributed by atoms with van der Waals surface area (Å²) in [5.74, 6) is -0.960. The predicted octanol–water partition coefficient (Wildman–Crippen LogP) is 2.29. The number of nitrogens with zero attached hydrogens (tertiary/aromatic N) is 5. The monoisotopic (exact) mass is 635 g/mol. The number of pyridine rings is 3. The zero-order valence-electron chi connectivity index (χ0n) is 26.1. The van der Waals surface area contributed by atoms with Crippen molar-refractivity contribution >= 4 is 29.0 Å². The Bertz CT molecular complexity index is 1660. The van der Waals surface area contributed by atoms with Gasteiger partial charge < -0.3 is 20.7 Å². The molecule has 1 aliphatic carbocycles. The van der Waals surface area contributed by atoms with E-state index in [0.717, 1.165) is 49.2 Å². The predicted molar refractivity (Wildman–Crippen MR) is 165 cm³/mol. The van der Waals surface area contributed by atoms with E-state index < -0.39 is 5.82 Å². The van der Waals surface area contributed by atoms with Gasteiger partial charge in [0.15, 0.2) is 17.0 Å². The first-order valence-electron chi connectivity index (χ1n) is 14.5. The van der Waals surface area contributed by atoms with Crippen LogP contribution in [-0.2, 0) is 13.1 Å². The number of ether oxygens (including phenoxy) is 1. The van der Waals surface area contributed by atoms with Crippen molar-refractivity contribution < 1.29 is 49.6 Å². The summed E-state index contributed by atoms with van der Waals surface area (Å²) in [7, 11) is 0. The smallest absolute Gasteiger partial charge is 1.00 e. The maximum absolute atomic E-state index is 15.0. The van der Waals surface area contributed by atoms with Crippen LogP contribution in [0.2, 0.25) is 0 Å². The van der Waals surface area contributed by atoms with E-state index in [-0.39, 0.29) is 85.7 Å². The fourth-order valence-corrected chi connectivity index (χ4v) is 5.97. The second kappa shape index (κ2) is 15.1. The summed E-state index contributed by atoms with van der Waals surface area (Å²) >= 11 is 0. The Hall–Kier alpha value is -2.60. The number of anilines is 1. The van der Waals surface area contributed by atoms with Crippen molar-refractivity contribution in [3.63, 3.8) is 0 Å². The van der Waals surface area contributed by atoms with Gasteiger partial charge in [0, 0.05) is 79.4 Å². The van der Waals surface area contributed by atoms with Gasteiger partial charge >= 0.3 is 29.6 Å². The van der Waals surface area contributed by atoms with Gasteiger partial charge in [-0.05, 0) is 56.4 Å². The maximum Gasteiger partial charge on any atom is 1.00 e. The van der Waals surface area contributed by atoms with Gasteiger partial charge in [-0.25, -0.2) is 8.78 Å². The van der Waals surface area contributed by atoms with Crippen LogP contribution < -0.4 is 44.6 Å². The van der Waals surface area contributed by atoms with E-state index in [1.807, 2.05) is 19.2 Å². The van der Waals surface area contributed by atoms with Crippen molar-refractivity contribution in [2.45, 2.75) is 57.8 Å². The van der Waals surface area contributed by atoms with Crippen molar-refractivity contribution in [2.75, 3.05) is 31.2 Å². The molecule has 0 spiro atoms. The molecule has 4 heterocycles. The van der Waals surface area contributed by atoms with E-state index in [0.29, 0.717) is 36.1 Å². The van der Waals surface area contributed by atoms with Gasteiger partial charge in [-0.1, -0.05) is 0 Å². The molecule has 1 aromatic carbocycles. The first-order valence-corrected chi connectivity index (χ1v) is 14.5. The molecule has 2 aliphatic rings. The first kappa shape index (κ1) is 34.3. The van der Waals surface area contributed by atoms with Crippen LogP contribution in [0, 0.1) is 18.6 Å². The molecule has 1 aliphatic heterocycles. The molecule has 1 N–H and O–H groups in total. The Morgan fingerprint density at radius 1 is 1.14 bits per heavy atom. The molecule has 12 heteroatoms. The molecule has 0 amide bonds. The molecule has 0 radical (unpaired) electrons. The molecular weight excluding hydrogens is 599 g/mol. The third kappa shape index (κ3) is 7.78. The summed E-state index contributed by atoms with van der Waals surface area (Å²) in [6.45, 7) is 4.15. The number of halogens is 3. The Morgan fingerprint density at radius 3 is 2.68 bits per heavy atom. The van der Waals surface area contributed by atoms with E-state index in [1.165, 1.54) is 18.3 Å². The van der Waals surface area contributed by atoms with Crippen LogP contribution in [0.4, 0.5) is 14.5 Å². The number of fused-ring (bicyclic) bond motifs is 1. The summed E-state index contributed by atoms with van der Waals surface area (Å²) in [4.78, 5) is 26.7. The Labute approximate surface area is 285 Å². The van der Waals surface area contributed by atoms with Crippen LogP contribution in [0.5, 0.6) is 5.75 Å². The second-order valence-electron chi connectivity index (χ2n) is 11.3. The number of rotatable bonds is 10. The molecular formula is C32H37ClF2N5NaO3. The number of aliphatic hydroxyl groups is 1. The number of hydrogen-bond donors (Lipinski definition) is 1. The Kier molecular flexibility index (Phi) is 11.8. The molecule has 44 heavy (non-hydrogen) atoms. The van der Waals surface area contributed by atoms with Gasteiger partial charge in [-0.3, -0.25) is 19.7 Å². The molecule has 230 valence electrons. The standard InChI is InChI=1S/C32H35F2N5O3.ClH.Na.H/c1-21-11-22(6-7-36-21)17-38(26-3-2-8-37(20-26)27-12-24(33)15-35-16-27)18-23-19-39(25-4-5-25)30-14-31(42-10-9-40)29(34)13-28(30)32(23)41;;;/h6-7,11-16,19,25-26,40H,2-5,8-10,17-18,20H2,1H3;1H;;/q;;+1;-1/t26-;;;/m0.../s1. The van der Waals surface area contributed by atoms with Gasteiger partial charge in [0.25, 0.3) is 0 Å². The van der Waals surface area contributed by atoms with Gasteiger partial charge in [-0.2, -0.15) is 0 Å². The summed E-state index contributed by atoms with van der Waals surface area (Å²) in [5.41, 5.74) is 3.79. The van der Waals surface area contributed by atoms with Gasteiger partial charge in [-0.15, -0.1) is 12.4 Å². The Balaban J connectivity index is 0.00000184. The maximum atomic E-state index is 15.0. The minimum absolute atomic E-state index is 0. The van der Waals surface area contributed by atoms with Crippen LogP contribution >= 0.6 is 12.4 Å². The van der Waals surface area contributed by atoms with Crippen molar-refractivity contribution in [1.29, 1.82) is 0 Å². The quantitative estimate of drug-likeness (QED) is 0.268. The Morgan fingerprint density at radius 2 is 1.95 bits per heavy atom. The second-order valence-corrected chi connectivity index (χ2v) is 11.3. The third-order valence-electron chi connectivity index (χ3n) is 8.14. The zero-order valence-corrected chi connectivity index (χ0v) is 27.9. The van der Waals surface area contributed by atoms with Crippen molar-refractivity contribution in [3.05, 3.63) is 93.8 Å². The summed E-state index contributed by atoms with van der Waals surface area (Å²) in [6.07, 6.45) is 10.4. The molecule has 8 nitrogen and oxygen atoms in total. The van der Waals surface area contributed by atoms with E-state index >= 15 is 4.39 Å². The number of aryl methyl sites for hydroxylation is 1. The fraction of sp³-hybridized carbons (Fsp3) is 0.406. The molecule has 1 saturated heterocycles. The summed E-state index contributed by atoms with van der Waals surface area (Å²) < 4.78 is 36.5. The summed E-state index contributed by atoms with van der Waals surface area (Å²) in [6, 6.07) is 8.72. The SMILES string of the molecule is Cc1cc(CN(Cc2cn(C3CC3)c3cc(OCCO)c(F)cc3c2=O)[C@H]2CCCN(c3cncc(F)c3)C2)ccn1.Cl.[H-].[Na+]. The summed E-state index contributed by atoms with van der Waals surface area (Å²) in [5, 5.41) is 9.46. The molecule has 0 bridgehead atoms. The largest absolute Gasteiger partial charge is 1.00 e. The number of piperidine rings is 1. The molecule has 4 aromatic rings. The minimum atomic E-state index is -0.622. The van der Waals surface area contributed by atoms with E-state index in [1.54, 1.807) is 18.5 Å². The van der Waals surface area contributed by atoms with Crippen LogP contribution in [0.25, 0.3) is 10.9 Å². The minimum Gasteiger partial charge on any atom is -1.00 e. The van der Waals surface area contributed by atoms with Gasteiger partial charge in [0.1, 0.15) is 12.4 Å². The van der Waals surface area contributed by atoms with E-state index in [9.17, 15) is 9.18 Å². The van der Waals surface area contributed by atoms with Crippen molar-refractivity contribution in [2.24, 2.45) is 0 Å². The molecule has 2 fully saturated rings. The van der Waals surface area contributed by atoms with Crippen molar-refractivity contribution in [3.8, 4) is 5.75 Å². The molecule has 3 aromatic heterocycles. The van der Waals surface area contributed by atoms with E-state index in [4.69, 9.17) is 9.84 Å². The molecule has 0 unspecified atom stereocenters. The normalized spacial score (nSPS) is 16.5. The number of benzene rings is 1.